The zero-order chi connectivity index (χ0) is 25.5. The minimum Gasteiger partial charge on any atom is -0.496 e. The molecular formula is C30H31N3O3. The molecule has 0 aliphatic heterocycles. The van der Waals surface area contributed by atoms with E-state index in [-0.39, 0.29) is 5.91 Å². The number of aromatic nitrogens is 2. The van der Waals surface area contributed by atoms with Crippen molar-refractivity contribution in [2.75, 3.05) is 12.4 Å². The van der Waals surface area contributed by atoms with E-state index in [4.69, 9.17) is 9.47 Å². The van der Waals surface area contributed by atoms with Crippen LogP contribution in [0.4, 0.5) is 5.69 Å². The van der Waals surface area contributed by atoms with Crippen molar-refractivity contribution < 1.29 is 14.3 Å². The molecule has 0 saturated carbocycles. The first-order valence-electron chi connectivity index (χ1n) is 11.9. The van der Waals surface area contributed by atoms with Gasteiger partial charge in [-0.1, -0.05) is 54.1 Å². The van der Waals surface area contributed by atoms with Gasteiger partial charge in [-0.2, -0.15) is 5.10 Å². The van der Waals surface area contributed by atoms with E-state index in [1.165, 1.54) is 11.6 Å². The van der Waals surface area contributed by atoms with Crippen molar-refractivity contribution in [3.05, 3.63) is 113 Å². The maximum absolute atomic E-state index is 12.7. The molecule has 0 radical (unpaired) electrons. The Morgan fingerprint density at radius 3 is 2.47 bits per heavy atom. The van der Waals surface area contributed by atoms with Gasteiger partial charge in [-0.15, -0.1) is 0 Å². The van der Waals surface area contributed by atoms with Gasteiger partial charge >= 0.3 is 0 Å². The van der Waals surface area contributed by atoms with Gasteiger partial charge in [0.15, 0.2) is 0 Å². The number of rotatable bonds is 9. The van der Waals surface area contributed by atoms with Gasteiger partial charge in [-0.25, -0.2) is 0 Å². The zero-order valence-corrected chi connectivity index (χ0v) is 21.1. The van der Waals surface area contributed by atoms with E-state index < -0.39 is 0 Å². The molecule has 0 bridgehead atoms. The summed E-state index contributed by atoms with van der Waals surface area (Å²) < 4.78 is 13.3. The number of benzene rings is 3. The third kappa shape index (κ3) is 6.21. The number of aryl methyl sites for hydroxylation is 2. The fourth-order valence-corrected chi connectivity index (χ4v) is 3.94. The molecule has 4 rings (SSSR count). The normalized spacial score (nSPS) is 11.0. The summed E-state index contributed by atoms with van der Waals surface area (Å²) in [5.74, 6) is 1.32. The first-order chi connectivity index (χ1) is 17.4. The molecule has 1 heterocycles. The lowest BCUT2D eigenvalue weighted by Crippen LogP contribution is -2.10. The molecule has 0 aliphatic rings. The number of ether oxygens (including phenoxy) is 2. The molecule has 36 heavy (non-hydrogen) atoms. The monoisotopic (exact) mass is 481 g/mol. The van der Waals surface area contributed by atoms with Gasteiger partial charge in [-0.05, 0) is 62.2 Å². The molecule has 3 aromatic carbocycles. The van der Waals surface area contributed by atoms with E-state index in [9.17, 15) is 4.79 Å². The van der Waals surface area contributed by atoms with E-state index in [1.807, 2.05) is 86.1 Å². The van der Waals surface area contributed by atoms with Gasteiger partial charge in [0.1, 0.15) is 18.1 Å². The Bertz CT molecular complexity index is 1360. The molecule has 6 nitrogen and oxygen atoms in total. The highest BCUT2D eigenvalue weighted by atomic mass is 16.5. The van der Waals surface area contributed by atoms with Crippen LogP contribution >= 0.6 is 0 Å². The fourth-order valence-electron chi connectivity index (χ4n) is 3.94. The lowest BCUT2D eigenvalue weighted by Gasteiger charge is -2.11. The van der Waals surface area contributed by atoms with Gasteiger partial charge in [0.25, 0.3) is 0 Å². The van der Waals surface area contributed by atoms with Crippen LogP contribution < -0.4 is 14.8 Å². The minimum absolute atomic E-state index is 0.214. The molecule has 0 spiro atoms. The number of anilines is 1. The Kier molecular flexibility index (Phi) is 7.85. The Morgan fingerprint density at radius 2 is 1.75 bits per heavy atom. The van der Waals surface area contributed by atoms with Crippen molar-refractivity contribution in [1.29, 1.82) is 0 Å². The van der Waals surface area contributed by atoms with Crippen LogP contribution in [0, 0.1) is 20.8 Å². The largest absolute Gasteiger partial charge is 0.496 e. The van der Waals surface area contributed by atoms with E-state index in [0.717, 1.165) is 45.3 Å². The van der Waals surface area contributed by atoms with E-state index in [0.29, 0.717) is 13.2 Å². The summed E-state index contributed by atoms with van der Waals surface area (Å²) >= 11 is 0. The number of hydrogen-bond donors (Lipinski definition) is 1. The third-order valence-corrected chi connectivity index (χ3v) is 5.95. The molecule has 0 atom stereocenters. The van der Waals surface area contributed by atoms with Crippen molar-refractivity contribution in [1.82, 2.24) is 9.78 Å². The smallest absolute Gasteiger partial charge is 0.248 e. The van der Waals surface area contributed by atoms with Gasteiger partial charge in [0, 0.05) is 11.6 Å². The number of amides is 1. The average molecular weight is 482 g/mol. The Hall–Kier alpha value is -4.32. The van der Waals surface area contributed by atoms with Crippen LogP contribution in [0.25, 0.3) is 6.08 Å². The molecule has 184 valence electrons. The second kappa shape index (κ2) is 11.4. The minimum atomic E-state index is -0.214. The summed E-state index contributed by atoms with van der Waals surface area (Å²) in [6, 6.07) is 23.8. The lowest BCUT2D eigenvalue weighted by molar-refractivity contribution is -0.111. The molecular weight excluding hydrogens is 450 g/mol. The summed E-state index contributed by atoms with van der Waals surface area (Å²) in [6.07, 6.45) is 3.31. The molecule has 0 fully saturated rings. The Morgan fingerprint density at radius 1 is 1.00 bits per heavy atom. The maximum Gasteiger partial charge on any atom is 0.248 e. The molecule has 0 saturated heterocycles. The van der Waals surface area contributed by atoms with Crippen LogP contribution in [0.2, 0.25) is 0 Å². The average Bonchev–Trinajstić information content (AvgIpc) is 3.15. The molecule has 1 aromatic heterocycles. The van der Waals surface area contributed by atoms with Crippen LogP contribution in [-0.2, 0) is 17.9 Å². The number of hydrogen-bond acceptors (Lipinski definition) is 4. The summed E-state index contributed by atoms with van der Waals surface area (Å²) in [4.78, 5) is 12.7. The van der Waals surface area contributed by atoms with E-state index in [1.54, 1.807) is 13.2 Å². The topological polar surface area (TPSA) is 65.4 Å². The highest BCUT2D eigenvalue weighted by Crippen LogP contribution is 2.24. The number of methoxy groups -OCH3 is 1. The highest BCUT2D eigenvalue weighted by molar-refractivity contribution is 6.02. The SMILES string of the molecule is COc1ccc(/C=C/C(=O)Nc2c(C)nn(Cc3ccccc3)c2C)cc1COc1ccc(C)cc1. The maximum atomic E-state index is 12.7. The lowest BCUT2D eigenvalue weighted by atomic mass is 10.1. The second-order valence-corrected chi connectivity index (χ2v) is 8.68. The molecule has 0 unspecified atom stereocenters. The third-order valence-electron chi connectivity index (χ3n) is 5.95. The van der Waals surface area contributed by atoms with Crippen LogP contribution in [0.3, 0.4) is 0 Å². The van der Waals surface area contributed by atoms with Gasteiger partial charge in [-0.3, -0.25) is 9.48 Å². The number of nitrogens with one attached hydrogen (secondary N) is 1. The first-order valence-corrected chi connectivity index (χ1v) is 11.9. The summed E-state index contributed by atoms with van der Waals surface area (Å²) in [6.45, 7) is 6.92. The van der Waals surface area contributed by atoms with E-state index >= 15 is 0 Å². The standard InChI is InChI=1S/C30H31N3O3/c1-21-10-14-27(15-11-21)36-20-26-18-24(12-16-28(26)35-4)13-17-29(34)31-30-22(2)32-33(23(30)3)19-25-8-6-5-7-9-25/h5-18H,19-20H2,1-4H3,(H,31,34)/b17-13+. The van der Waals surface area contributed by atoms with Crippen molar-refractivity contribution in [2.24, 2.45) is 0 Å². The molecule has 4 aromatic rings. The van der Waals surface area contributed by atoms with Crippen molar-refractivity contribution in [3.8, 4) is 11.5 Å². The number of carbonyl (C=O) groups is 1. The number of carbonyl (C=O) groups excluding carboxylic acids is 1. The van der Waals surface area contributed by atoms with Gasteiger partial charge in [0.2, 0.25) is 5.91 Å². The summed E-state index contributed by atoms with van der Waals surface area (Å²) in [7, 11) is 1.64. The van der Waals surface area contributed by atoms with Crippen LogP contribution in [0.1, 0.15) is 33.6 Å². The molecule has 1 amide bonds. The molecule has 0 aliphatic carbocycles. The van der Waals surface area contributed by atoms with Gasteiger partial charge < -0.3 is 14.8 Å². The van der Waals surface area contributed by atoms with Gasteiger partial charge in [0.05, 0.1) is 30.7 Å². The summed E-state index contributed by atoms with van der Waals surface area (Å²) in [5, 5.41) is 7.59. The predicted molar refractivity (Wildman–Crippen MR) is 143 cm³/mol. The first kappa shape index (κ1) is 24.8. The zero-order valence-electron chi connectivity index (χ0n) is 21.1. The number of nitrogens with zero attached hydrogens (tertiary/aromatic N) is 2. The fraction of sp³-hybridized carbons (Fsp3) is 0.200. The predicted octanol–water partition coefficient (Wildman–Crippen LogP) is 6.10. The molecule has 1 N–H and O–H groups in total. The Labute approximate surface area is 212 Å². The quantitative estimate of drug-likeness (QED) is 0.294. The van der Waals surface area contributed by atoms with E-state index in [2.05, 4.69) is 22.5 Å². The Balaban J connectivity index is 1.43. The van der Waals surface area contributed by atoms with Crippen LogP contribution in [-0.4, -0.2) is 22.8 Å². The second-order valence-electron chi connectivity index (χ2n) is 8.68. The van der Waals surface area contributed by atoms with Crippen molar-refractivity contribution in [3.63, 3.8) is 0 Å². The van der Waals surface area contributed by atoms with Crippen LogP contribution in [0.15, 0.2) is 78.9 Å². The van der Waals surface area contributed by atoms with Crippen molar-refractivity contribution >= 4 is 17.7 Å². The van der Waals surface area contributed by atoms with Crippen LogP contribution in [0.5, 0.6) is 11.5 Å². The molecule has 6 heteroatoms. The van der Waals surface area contributed by atoms with Crippen molar-refractivity contribution in [2.45, 2.75) is 33.9 Å². The highest BCUT2D eigenvalue weighted by Gasteiger charge is 2.13. The summed E-state index contributed by atoms with van der Waals surface area (Å²) in [5.41, 5.74) is 6.55.